The Kier molecular flexibility index (Phi) is 6.02. The molecule has 2 N–H and O–H groups in total. The maximum atomic E-state index is 12.2. The zero-order chi connectivity index (χ0) is 15.3. The molecule has 0 aliphatic carbocycles. The number of carbonyl (C=O) groups excluding carboxylic acids is 1. The zero-order valence-electron chi connectivity index (χ0n) is 13.3. The first-order chi connectivity index (χ1) is 9.36. The molecule has 0 aliphatic heterocycles. The van der Waals surface area contributed by atoms with Crippen LogP contribution in [0.4, 0.5) is 5.69 Å². The van der Waals surface area contributed by atoms with Gasteiger partial charge in [0.05, 0.1) is 6.04 Å². The van der Waals surface area contributed by atoms with Gasteiger partial charge in [-0.25, -0.2) is 0 Å². The molecule has 0 heterocycles. The molecule has 1 aromatic rings. The maximum Gasteiger partial charge on any atom is 0.239 e. The lowest BCUT2D eigenvalue weighted by atomic mass is 9.99. The lowest BCUT2D eigenvalue weighted by Crippen LogP contribution is -2.45. The summed E-state index contributed by atoms with van der Waals surface area (Å²) in [6.45, 7) is 4.66. The molecular weight excluding hydrogens is 250 g/mol. The van der Waals surface area contributed by atoms with Crippen molar-refractivity contribution in [1.29, 1.82) is 0 Å². The number of carbonyl (C=O) groups is 1. The van der Waals surface area contributed by atoms with Gasteiger partial charge in [-0.15, -0.1) is 0 Å². The Hall–Kier alpha value is -1.55. The highest BCUT2D eigenvalue weighted by Crippen LogP contribution is 2.14. The van der Waals surface area contributed by atoms with Crippen molar-refractivity contribution in [3.05, 3.63) is 29.8 Å². The summed E-state index contributed by atoms with van der Waals surface area (Å²) in [5, 5.41) is 0. The van der Waals surface area contributed by atoms with Crippen molar-refractivity contribution < 1.29 is 4.79 Å². The van der Waals surface area contributed by atoms with Crippen LogP contribution in [-0.2, 0) is 11.3 Å². The van der Waals surface area contributed by atoms with Crippen LogP contribution in [0.2, 0.25) is 0 Å². The van der Waals surface area contributed by atoms with Crippen LogP contribution in [0.5, 0.6) is 0 Å². The van der Waals surface area contributed by atoms with Gasteiger partial charge < -0.3 is 15.5 Å². The van der Waals surface area contributed by atoms with E-state index in [1.54, 1.807) is 4.90 Å². The van der Waals surface area contributed by atoms with E-state index in [4.69, 9.17) is 5.73 Å². The van der Waals surface area contributed by atoms with E-state index in [-0.39, 0.29) is 11.8 Å². The topological polar surface area (TPSA) is 49.6 Å². The van der Waals surface area contributed by atoms with E-state index in [1.165, 1.54) is 0 Å². The Morgan fingerprint density at radius 2 is 1.75 bits per heavy atom. The van der Waals surface area contributed by atoms with Gasteiger partial charge >= 0.3 is 0 Å². The molecule has 0 aliphatic rings. The second-order valence-corrected chi connectivity index (χ2v) is 5.67. The molecule has 0 bridgehead atoms. The van der Waals surface area contributed by atoms with Crippen molar-refractivity contribution >= 4 is 11.6 Å². The maximum absolute atomic E-state index is 12.2. The lowest BCUT2D eigenvalue weighted by molar-refractivity contribution is -0.132. The van der Waals surface area contributed by atoms with Crippen LogP contribution in [-0.4, -0.2) is 38.0 Å². The summed E-state index contributed by atoms with van der Waals surface area (Å²) in [6, 6.07) is 7.80. The number of nitrogens with two attached hydrogens (primary N) is 1. The predicted molar refractivity (Wildman–Crippen MR) is 84.7 cm³/mol. The molecule has 0 radical (unpaired) electrons. The molecule has 1 amide bonds. The molecule has 4 heteroatoms. The molecule has 2 atom stereocenters. The molecule has 0 aromatic heterocycles. The van der Waals surface area contributed by atoms with Gasteiger partial charge in [0.25, 0.3) is 0 Å². The standard InChI is InChI=1S/C16H27N3O/c1-6-12(2)15(17)16(20)19(5)11-13-7-9-14(10-8-13)18(3)4/h7-10,12,15H,6,11,17H2,1-5H3. The summed E-state index contributed by atoms with van der Waals surface area (Å²) in [5.41, 5.74) is 8.26. The highest BCUT2D eigenvalue weighted by atomic mass is 16.2. The van der Waals surface area contributed by atoms with E-state index in [0.29, 0.717) is 6.54 Å². The number of nitrogens with zero attached hydrogens (tertiary/aromatic N) is 2. The first-order valence-electron chi connectivity index (χ1n) is 7.13. The molecule has 1 rings (SSSR count). The van der Waals surface area contributed by atoms with Crippen molar-refractivity contribution in [2.24, 2.45) is 11.7 Å². The summed E-state index contributed by atoms with van der Waals surface area (Å²) in [4.78, 5) is 16.0. The van der Waals surface area contributed by atoms with Crippen molar-refractivity contribution in [3.63, 3.8) is 0 Å². The summed E-state index contributed by atoms with van der Waals surface area (Å²) >= 11 is 0. The minimum atomic E-state index is -0.411. The fourth-order valence-electron chi connectivity index (χ4n) is 2.00. The third-order valence-corrected chi connectivity index (χ3v) is 3.79. The fourth-order valence-corrected chi connectivity index (χ4v) is 2.00. The number of hydrogen-bond acceptors (Lipinski definition) is 3. The zero-order valence-corrected chi connectivity index (χ0v) is 13.3. The summed E-state index contributed by atoms with van der Waals surface area (Å²) in [5.74, 6) is 0.220. The third-order valence-electron chi connectivity index (χ3n) is 3.79. The number of anilines is 1. The molecule has 0 saturated carbocycles. The molecule has 2 unspecified atom stereocenters. The quantitative estimate of drug-likeness (QED) is 0.866. The van der Waals surface area contributed by atoms with Crippen molar-refractivity contribution in [1.82, 2.24) is 4.90 Å². The first-order valence-corrected chi connectivity index (χ1v) is 7.13. The van der Waals surface area contributed by atoms with Crippen LogP contribution in [0.1, 0.15) is 25.8 Å². The first kappa shape index (κ1) is 16.5. The Morgan fingerprint density at radius 3 is 2.20 bits per heavy atom. The molecule has 1 aromatic carbocycles. The smallest absolute Gasteiger partial charge is 0.239 e. The monoisotopic (exact) mass is 277 g/mol. The minimum absolute atomic E-state index is 0.0102. The Bertz CT molecular complexity index is 428. The van der Waals surface area contributed by atoms with E-state index in [1.807, 2.05) is 40.2 Å². The third kappa shape index (κ3) is 4.23. The number of likely N-dealkylation sites (N-methyl/N-ethyl adjacent to an activating group) is 1. The molecule has 0 saturated heterocycles. The fraction of sp³-hybridized carbons (Fsp3) is 0.562. The minimum Gasteiger partial charge on any atom is -0.378 e. The molecule has 4 nitrogen and oxygen atoms in total. The molecule has 0 spiro atoms. The molecule has 112 valence electrons. The number of amides is 1. The average Bonchev–Trinajstić information content (AvgIpc) is 2.45. The number of hydrogen-bond donors (Lipinski definition) is 1. The number of benzene rings is 1. The van der Waals surface area contributed by atoms with Crippen LogP contribution >= 0.6 is 0 Å². The molecule has 20 heavy (non-hydrogen) atoms. The lowest BCUT2D eigenvalue weighted by Gasteiger charge is -2.25. The normalized spacial score (nSPS) is 13.7. The summed E-state index contributed by atoms with van der Waals surface area (Å²) < 4.78 is 0. The van der Waals surface area contributed by atoms with Crippen LogP contribution in [0.15, 0.2) is 24.3 Å². The summed E-state index contributed by atoms with van der Waals surface area (Å²) in [7, 11) is 5.83. The van der Waals surface area contributed by atoms with Gasteiger partial charge in [-0.2, -0.15) is 0 Å². The SMILES string of the molecule is CCC(C)C(N)C(=O)N(C)Cc1ccc(N(C)C)cc1. The highest BCUT2D eigenvalue weighted by molar-refractivity contribution is 5.81. The predicted octanol–water partition coefficient (Wildman–Crippen LogP) is 2.08. The van der Waals surface area contributed by atoms with Gasteiger partial charge in [-0.05, 0) is 23.6 Å². The summed E-state index contributed by atoms with van der Waals surface area (Å²) in [6.07, 6.45) is 0.915. The van der Waals surface area contributed by atoms with Gasteiger partial charge in [0.1, 0.15) is 0 Å². The van der Waals surface area contributed by atoms with Crippen LogP contribution in [0.25, 0.3) is 0 Å². The van der Waals surface area contributed by atoms with Gasteiger partial charge in [-0.1, -0.05) is 32.4 Å². The Balaban J connectivity index is 2.65. The van der Waals surface area contributed by atoms with Gasteiger partial charge in [0.15, 0.2) is 0 Å². The van der Waals surface area contributed by atoms with Crippen molar-refractivity contribution in [2.45, 2.75) is 32.9 Å². The molecular formula is C16H27N3O. The largest absolute Gasteiger partial charge is 0.378 e. The van der Waals surface area contributed by atoms with E-state index < -0.39 is 6.04 Å². The van der Waals surface area contributed by atoms with Crippen LogP contribution in [0.3, 0.4) is 0 Å². The number of rotatable bonds is 6. The highest BCUT2D eigenvalue weighted by Gasteiger charge is 2.22. The second-order valence-electron chi connectivity index (χ2n) is 5.67. The van der Waals surface area contributed by atoms with Gasteiger partial charge in [0.2, 0.25) is 5.91 Å². The van der Waals surface area contributed by atoms with Crippen molar-refractivity contribution in [2.75, 3.05) is 26.0 Å². The van der Waals surface area contributed by atoms with E-state index in [0.717, 1.165) is 17.7 Å². The van der Waals surface area contributed by atoms with Gasteiger partial charge in [0, 0.05) is 33.4 Å². The molecule has 0 fully saturated rings. The Morgan fingerprint density at radius 1 is 1.20 bits per heavy atom. The van der Waals surface area contributed by atoms with Crippen molar-refractivity contribution in [3.8, 4) is 0 Å². The van der Waals surface area contributed by atoms with E-state index in [2.05, 4.69) is 24.0 Å². The van der Waals surface area contributed by atoms with Crippen LogP contribution < -0.4 is 10.6 Å². The van der Waals surface area contributed by atoms with E-state index >= 15 is 0 Å². The van der Waals surface area contributed by atoms with E-state index in [9.17, 15) is 4.79 Å². The van der Waals surface area contributed by atoms with Gasteiger partial charge in [-0.3, -0.25) is 4.79 Å². The Labute approximate surface area is 122 Å². The average molecular weight is 277 g/mol. The van der Waals surface area contributed by atoms with Crippen LogP contribution in [0, 0.1) is 5.92 Å². The second kappa shape index (κ2) is 7.29.